The van der Waals surface area contributed by atoms with E-state index >= 15 is 0 Å². The lowest BCUT2D eigenvalue weighted by Crippen LogP contribution is -2.52. The Morgan fingerprint density at radius 2 is 2.00 bits per heavy atom. The van der Waals surface area contributed by atoms with E-state index < -0.39 is 5.92 Å². The van der Waals surface area contributed by atoms with Crippen LogP contribution >= 0.6 is 0 Å². The maximum atomic E-state index is 12.7. The molecule has 2 aliphatic rings. The molecule has 0 spiro atoms. The third kappa shape index (κ3) is 4.19. The molecule has 0 aliphatic carbocycles. The Kier molecular flexibility index (Phi) is 5.39. The number of anilines is 1. The van der Waals surface area contributed by atoms with Crippen molar-refractivity contribution >= 4 is 17.5 Å². The lowest BCUT2D eigenvalue weighted by Gasteiger charge is -2.39. The number of morpholine rings is 1. The minimum Gasteiger partial charge on any atom is -0.373 e. The molecule has 1 fully saturated rings. The molecule has 1 saturated heterocycles. The van der Waals surface area contributed by atoms with Gasteiger partial charge in [-0.3, -0.25) is 14.5 Å². The summed E-state index contributed by atoms with van der Waals surface area (Å²) < 4.78 is 5.76. The second-order valence-corrected chi connectivity index (χ2v) is 7.20. The number of fused-ring (bicyclic) bond motifs is 1. The Hall–Kier alpha value is -1.92. The normalized spacial score (nSPS) is 28.0. The van der Waals surface area contributed by atoms with Crippen LogP contribution in [0.5, 0.6) is 0 Å². The quantitative estimate of drug-likeness (QED) is 0.872. The van der Waals surface area contributed by atoms with Crippen molar-refractivity contribution in [3.05, 3.63) is 29.8 Å². The number of carbonyl (C=O) groups is 2. The summed E-state index contributed by atoms with van der Waals surface area (Å²) in [5.41, 5.74) is 1.63. The number of para-hydroxylation sites is 1. The van der Waals surface area contributed by atoms with Crippen molar-refractivity contribution < 1.29 is 14.3 Å². The number of amides is 2. The van der Waals surface area contributed by atoms with E-state index in [0.717, 1.165) is 24.3 Å². The summed E-state index contributed by atoms with van der Waals surface area (Å²) >= 11 is 0. The van der Waals surface area contributed by atoms with E-state index in [1.54, 1.807) is 0 Å². The van der Waals surface area contributed by atoms with Crippen LogP contribution < -0.4 is 10.6 Å². The van der Waals surface area contributed by atoms with E-state index in [1.807, 2.05) is 24.3 Å². The molecule has 1 aromatic carbocycles. The van der Waals surface area contributed by atoms with Crippen molar-refractivity contribution in [3.63, 3.8) is 0 Å². The number of rotatable bonds is 4. The number of nitrogens with one attached hydrogen (secondary N) is 2. The molecule has 25 heavy (non-hydrogen) atoms. The topological polar surface area (TPSA) is 70.7 Å². The van der Waals surface area contributed by atoms with Gasteiger partial charge in [-0.2, -0.15) is 0 Å². The maximum absolute atomic E-state index is 12.7. The fourth-order valence-corrected chi connectivity index (χ4v) is 3.72. The molecule has 0 unspecified atom stereocenters. The highest BCUT2D eigenvalue weighted by Crippen LogP contribution is 2.32. The highest BCUT2D eigenvalue weighted by molar-refractivity contribution is 6.01. The number of hydrogen-bond donors (Lipinski definition) is 2. The lowest BCUT2D eigenvalue weighted by atomic mass is 9.90. The first-order chi connectivity index (χ1) is 11.9. The predicted molar refractivity (Wildman–Crippen MR) is 96.5 cm³/mol. The van der Waals surface area contributed by atoms with Gasteiger partial charge in [-0.1, -0.05) is 18.2 Å². The summed E-state index contributed by atoms with van der Waals surface area (Å²) in [6, 6.07) is 7.74. The van der Waals surface area contributed by atoms with Gasteiger partial charge in [-0.25, -0.2) is 0 Å². The van der Waals surface area contributed by atoms with Crippen molar-refractivity contribution in [1.29, 1.82) is 0 Å². The van der Waals surface area contributed by atoms with Gasteiger partial charge in [0.2, 0.25) is 11.8 Å². The van der Waals surface area contributed by atoms with Crippen molar-refractivity contribution in [2.75, 3.05) is 25.0 Å². The van der Waals surface area contributed by atoms with Crippen molar-refractivity contribution in [3.8, 4) is 0 Å². The molecule has 2 heterocycles. The summed E-state index contributed by atoms with van der Waals surface area (Å²) in [5.74, 6) is -0.606. The molecule has 2 N–H and O–H groups in total. The zero-order valence-electron chi connectivity index (χ0n) is 15.1. The summed E-state index contributed by atoms with van der Waals surface area (Å²) in [4.78, 5) is 26.9. The Labute approximate surface area is 148 Å². The molecular weight excluding hydrogens is 318 g/mol. The van der Waals surface area contributed by atoms with Crippen LogP contribution in [0, 0.1) is 0 Å². The van der Waals surface area contributed by atoms with Crippen LogP contribution in [0.15, 0.2) is 24.3 Å². The predicted octanol–water partition coefficient (Wildman–Crippen LogP) is 1.73. The van der Waals surface area contributed by atoms with Gasteiger partial charge >= 0.3 is 0 Å². The van der Waals surface area contributed by atoms with Gasteiger partial charge < -0.3 is 15.4 Å². The standard InChI is InChI=1S/C19H27N3O3/c1-12(22-10-13(2)25-14(3)11-22)9-20-19(24)16-8-18(23)21-17-7-5-4-6-15(16)17/h4-7,12-14,16H,8-11H2,1-3H3,(H,20,24)(H,21,23)/t12-,13-,14+,16+/m1/s1. The first kappa shape index (κ1) is 17.9. The molecule has 0 radical (unpaired) electrons. The van der Waals surface area contributed by atoms with Gasteiger partial charge in [0.25, 0.3) is 0 Å². The first-order valence-electron chi connectivity index (χ1n) is 9.00. The van der Waals surface area contributed by atoms with Gasteiger partial charge in [-0.15, -0.1) is 0 Å². The highest BCUT2D eigenvalue weighted by Gasteiger charge is 2.31. The van der Waals surface area contributed by atoms with Gasteiger partial charge in [-0.05, 0) is 32.4 Å². The Morgan fingerprint density at radius 1 is 1.32 bits per heavy atom. The van der Waals surface area contributed by atoms with Crippen LogP contribution in [-0.2, 0) is 14.3 Å². The number of benzene rings is 1. The van der Waals surface area contributed by atoms with Crippen LogP contribution in [0.3, 0.4) is 0 Å². The average molecular weight is 345 g/mol. The molecular formula is C19H27N3O3. The summed E-state index contributed by atoms with van der Waals surface area (Å²) in [6.07, 6.45) is 0.606. The third-order valence-electron chi connectivity index (χ3n) is 4.96. The van der Waals surface area contributed by atoms with Crippen LogP contribution in [0.4, 0.5) is 5.69 Å². The first-order valence-corrected chi connectivity index (χ1v) is 9.00. The van der Waals surface area contributed by atoms with Crippen molar-refractivity contribution in [1.82, 2.24) is 10.2 Å². The molecule has 2 aliphatic heterocycles. The van der Waals surface area contributed by atoms with Gasteiger partial charge in [0.15, 0.2) is 0 Å². The van der Waals surface area contributed by atoms with Crippen LogP contribution in [0.1, 0.15) is 38.7 Å². The molecule has 2 amide bonds. The van der Waals surface area contributed by atoms with E-state index in [4.69, 9.17) is 4.74 Å². The molecule has 136 valence electrons. The Morgan fingerprint density at radius 3 is 2.72 bits per heavy atom. The fourth-order valence-electron chi connectivity index (χ4n) is 3.72. The number of hydrogen-bond acceptors (Lipinski definition) is 4. The summed E-state index contributed by atoms with van der Waals surface area (Å²) in [5, 5.41) is 5.87. The highest BCUT2D eigenvalue weighted by atomic mass is 16.5. The van der Waals surface area contributed by atoms with Crippen molar-refractivity contribution in [2.45, 2.75) is 51.4 Å². The van der Waals surface area contributed by atoms with E-state index in [1.165, 1.54) is 0 Å². The maximum Gasteiger partial charge on any atom is 0.228 e. The molecule has 1 aromatic rings. The summed E-state index contributed by atoms with van der Waals surface area (Å²) in [6.45, 7) is 8.58. The molecule has 0 aromatic heterocycles. The van der Waals surface area contributed by atoms with E-state index in [-0.39, 0.29) is 36.5 Å². The molecule has 6 nitrogen and oxygen atoms in total. The average Bonchev–Trinajstić information content (AvgIpc) is 2.57. The monoisotopic (exact) mass is 345 g/mol. The smallest absolute Gasteiger partial charge is 0.228 e. The van der Waals surface area contributed by atoms with Gasteiger partial charge in [0.1, 0.15) is 0 Å². The van der Waals surface area contributed by atoms with Crippen LogP contribution in [0.25, 0.3) is 0 Å². The SMILES string of the molecule is C[C@@H]1CN([C@H](C)CNC(=O)[C@H]2CC(=O)Nc3ccccc32)C[C@H](C)O1. The molecule has 0 bridgehead atoms. The second-order valence-electron chi connectivity index (χ2n) is 7.20. The number of nitrogens with zero attached hydrogens (tertiary/aromatic N) is 1. The zero-order chi connectivity index (χ0) is 18.0. The minimum absolute atomic E-state index is 0.0801. The number of carbonyl (C=O) groups excluding carboxylic acids is 2. The van der Waals surface area contributed by atoms with E-state index in [2.05, 4.69) is 36.3 Å². The third-order valence-corrected chi connectivity index (χ3v) is 4.96. The largest absolute Gasteiger partial charge is 0.373 e. The summed E-state index contributed by atoms with van der Waals surface area (Å²) in [7, 11) is 0. The van der Waals surface area contributed by atoms with E-state index in [0.29, 0.717) is 6.54 Å². The van der Waals surface area contributed by atoms with E-state index in [9.17, 15) is 9.59 Å². The Bertz CT molecular complexity index is 639. The molecule has 6 heteroatoms. The van der Waals surface area contributed by atoms with Gasteiger partial charge in [0.05, 0.1) is 18.1 Å². The van der Waals surface area contributed by atoms with Crippen LogP contribution in [-0.4, -0.2) is 54.6 Å². The fraction of sp³-hybridized carbons (Fsp3) is 0.579. The second kappa shape index (κ2) is 7.54. The van der Waals surface area contributed by atoms with Gasteiger partial charge in [0, 0.05) is 37.8 Å². The van der Waals surface area contributed by atoms with Crippen LogP contribution in [0.2, 0.25) is 0 Å². The number of ether oxygens (including phenoxy) is 1. The van der Waals surface area contributed by atoms with Crippen molar-refractivity contribution in [2.24, 2.45) is 0 Å². The zero-order valence-corrected chi connectivity index (χ0v) is 15.1. The molecule has 3 rings (SSSR count). The lowest BCUT2D eigenvalue weighted by molar-refractivity contribution is -0.126. The molecule has 0 saturated carbocycles. The minimum atomic E-state index is -0.417. The molecule has 4 atom stereocenters. The Balaban J connectivity index is 1.60.